The van der Waals surface area contributed by atoms with Gasteiger partial charge in [0.1, 0.15) is 5.75 Å². The molecule has 33 heavy (non-hydrogen) atoms. The van der Waals surface area contributed by atoms with Gasteiger partial charge in [0.2, 0.25) is 6.29 Å². The third-order valence-electron chi connectivity index (χ3n) is 5.08. The first-order valence-electron chi connectivity index (χ1n) is 9.86. The lowest BCUT2D eigenvalue weighted by Gasteiger charge is -2.33. The van der Waals surface area contributed by atoms with Crippen molar-refractivity contribution in [3.8, 4) is 5.75 Å². The first-order valence-corrected chi connectivity index (χ1v) is 9.86. The van der Waals surface area contributed by atoms with E-state index < -0.39 is 41.8 Å². The second kappa shape index (κ2) is 9.60. The summed E-state index contributed by atoms with van der Waals surface area (Å²) in [5.41, 5.74) is -2.49. The molecule has 11 heteroatoms. The number of nitrogens with zero attached hydrogens (tertiary/aromatic N) is 1. The van der Waals surface area contributed by atoms with Crippen molar-refractivity contribution in [2.45, 2.75) is 38.2 Å². The van der Waals surface area contributed by atoms with Crippen molar-refractivity contribution in [2.75, 3.05) is 20.3 Å². The summed E-state index contributed by atoms with van der Waals surface area (Å²) in [5, 5.41) is 0. The Hall–Kier alpha value is -2.79. The van der Waals surface area contributed by atoms with Gasteiger partial charge in [-0.25, -0.2) is 0 Å². The molecule has 0 aromatic heterocycles. The van der Waals surface area contributed by atoms with Gasteiger partial charge >= 0.3 is 12.4 Å². The number of morpholine rings is 1. The summed E-state index contributed by atoms with van der Waals surface area (Å²) in [6.45, 7) is 1.83. The average molecular weight is 477 g/mol. The van der Waals surface area contributed by atoms with Crippen LogP contribution in [0.15, 0.2) is 42.5 Å². The van der Waals surface area contributed by atoms with Crippen molar-refractivity contribution in [1.82, 2.24) is 4.90 Å². The van der Waals surface area contributed by atoms with Crippen LogP contribution >= 0.6 is 0 Å². The zero-order valence-corrected chi connectivity index (χ0v) is 17.7. The smallest absolute Gasteiger partial charge is 0.416 e. The summed E-state index contributed by atoms with van der Waals surface area (Å²) >= 11 is 0. The van der Waals surface area contributed by atoms with Crippen LogP contribution in [-0.2, 0) is 33.2 Å². The Labute approximate surface area is 185 Å². The molecule has 180 valence electrons. The number of hydrogen-bond acceptors (Lipinski definition) is 4. The molecular weight excluding hydrogens is 456 g/mol. The van der Waals surface area contributed by atoms with E-state index in [9.17, 15) is 31.1 Å². The summed E-state index contributed by atoms with van der Waals surface area (Å²) in [5.74, 6) is 0.0633. The molecule has 5 nitrogen and oxygen atoms in total. The van der Waals surface area contributed by atoms with Crippen molar-refractivity contribution < 1.29 is 45.3 Å². The Morgan fingerprint density at radius 2 is 1.61 bits per heavy atom. The van der Waals surface area contributed by atoms with E-state index >= 15 is 0 Å². The highest BCUT2D eigenvalue weighted by Crippen LogP contribution is 2.38. The minimum atomic E-state index is -4.98. The lowest BCUT2D eigenvalue weighted by Crippen LogP contribution is -2.48. The summed E-state index contributed by atoms with van der Waals surface area (Å²) in [4.78, 5) is 14.2. The normalized spacial score (nSPS) is 18.4. The molecule has 1 fully saturated rings. The SMILES string of the molecule is COc1ccc(CN2CCOC(O[C@H](C)c3cc(C(F)(F)F)cc(C(F)(F)F)c3)C2=O)cc1. The molecule has 0 spiro atoms. The molecule has 1 unspecified atom stereocenters. The highest BCUT2D eigenvalue weighted by Gasteiger charge is 2.38. The molecule has 1 aliphatic heterocycles. The van der Waals surface area contributed by atoms with Crippen LogP contribution in [0.2, 0.25) is 0 Å². The number of ether oxygens (including phenoxy) is 3. The Morgan fingerprint density at radius 1 is 1.03 bits per heavy atom. The van der Waals surface area contributed by atoms with Crippen LogP contribution in [0.4, 0.5) is 26.3 Å². The van der Waals surface area contributed by atoms with Crippen molar-refractivity contribution >= 4 is 5.91 Å². The maximum atomic E-state index is 13.1. The third-order valence-corrected chi connectivity index (χ3v) is 5.08. The summed E-state index contributed by atoms with van der Waals surface area (Å²) in [7, 11) is 1.52. The number of rotatable bonds is 6. The van der Waals surface area contributed by atoms with Gasteiger partial charge in [0.05, 0.1) is 30.9 Å². The second-order valence-corrected chi connectivity index (χ2v) is 7.43. The van der Waals surface area contributed by atoms with Gasteiger partial charge in [-0.15, -0.1) is 0 Å². The molecule has 0 radical (unpaired) electrons. The van der Waals surface area contributed by atoms with Crippen LogP contribution in [0.25, 0.3) is 0 Å². The van der Waals surface area contributed by atoms with E-state index in [2.05, 4.69) is 0 Å². The van der Waals surface area contributed by atoms with E-state index in [1.807, 2.05) is 0 Å². The maximum Gasteiger partial charge on any atom is 0.416 e. The van der Waals surface area contributed by atoms with E-state index in [0.29, 0.717) is 17.9 Å². The van der Waals surface area contributed by atoms with Crippen molar-refractivity contribution in [2.24, 2.45) is 0 Å². The summed E-state index contributed by atoms with van der Waals surface area (Å²) in [6, 6.07) is 8.16. The quantitative estimate of drug-likeness (QED) is 0.537. The number of halogens is 6. The fourth-order valence-corrected chi connectivity index (χ4v) is 3.28. The van der Waals surface area contributed by atoms with E-state index in [1.54, 1.807) is 24.3 Å². The van der Waals surface area contributed by atoms with Crippen LogP contribution in [0.3, 0.4) is 0 Å². The van der Waals surface area contributed by atoms with Crippen LogP contribution in [0, 0.1) is 0 Å². The Balaban J connectivity index is 1.76. The number of amides is 1. The lowest BCUT2D eigenvalue weighted by molar-refractivity contribution is -0.209. The predicted molar refractivity (Wildman–Crippen MR) is 104 cm³/mol. The Morgan fingerprint density at radius 3 is 2.12 bits per heavy atom. The number of benzene rings is 2. The monoisotopic (exact) mass is 477 g/mol. The number of carbonyl (C=O) groups excluding carboxylic acids is 1. The van der Waals surface area contributed by atoms with Crippen LogP contribution < -0.4 is 4.74 Å². The molecule has 1 amide bonds. The molecule has 0 saturated carbocycles. The van der Waals surface area contributed by atoms with E-state index in [4.69, 9.17) is 14.2 Å². The number of methoxy groups -OCH3 is 1. The van der Waals surface area contributed by atoms with Gasteiger partial charge < -0.3 is 19.1 Å². The highest BCUT2D eigenvalue weighted by molar-refractivity contribution is 5.80. The van der Waals surface area contributed by atoms with Crippen LogP contribution in [0.5, 0.6) is 5.75 Å². The van der Waals surface area contributed by atoms with Crippen LogP contribution in [-0.4, -0.2) is 37.4 Å². The van der Waals surface area contributed by atoms with Gasteiger partial charge in [-0.3, -0.25) is 4.79 Å². The standard InChI is InChI=1S/C22H21F6NO4/c1-13(15-9-16(21(23,24)25)11-17(10-15)22(26,27)28)33-20-19(30)29(7-8-32-20)12-14-3-5-18(31-2)6-4-14/h3-6,9-11,13,20H,7-8,12H2,1-2H3/t13-,20?/m1/s1. The zero-order chi connectivity index (χ0) is 24.4. The Kier molecular flexibility index (Phi) is 7.23. The molecule has 0 N–H and O–H groups in total. The molecule has 0 bridgehead atoms. The predicted octanol–water partition coefficient (Wildman–Crippen LogP) is 5.20. The van der Waals surface area contributed by atoms with E-state index in [0.717, 1.165) is 5.56 Å². The molecule has 2 aromatic rings. The summed E-state index contributed by atoms with van der Waals surface area (Å²) < 4.78 is 94.6. The number of hydrogen-bond donors (Lipinski definition) is 0. The highest BCUT2D eigenvalue weighted by atomic mass is 19.4. The van der Waals surface area contributed by atoms with Gasteiger partial charge in [0.25, 0.3) is 5.91 Å². The topological polar surface area (TPSA) is 48.0 Å². The minimum Gasteiger partial charge on any atom is -0.497 e. The molecule has 2 atom stereocenters. The largest absolute Gasteiger partial charge is 0.497 e. The first-order chi connectivity index (χ1) is 15.4. The minimum absolute atomic E-state index is 0.0368. The van der Waals surface area contributed by atoms with Gasteiger partial charge in [-0.1, -0.05) is 12.1 Å². The van der Waals surface area contributed by atoms with Gasteiger partial charge in [-0.05, 0) is 48.4 Å². The number of carbonyl (C=O) groups is 1. The van der Waals surface area contributed by atoms with Crippen LogP contribution in [0.1, 0.15) is 35.3 Å². The maximum absolute atomic E-state index is 13.1. The van der Waals surface area contributed by atoms with Crippen molar-refractivity contribution in [3.05, 3.63) is 64.7 Å². The fraction of sp³-hybridized carbons (Fsp3) is 0.409. The molecular formula is C22H21F6NO4. The van der Waals surface area contributed by atoms with Gasteiger partial charge in [-0.2, -0.15) is 26.3 Å². The number of alkyl halides is 6. The molecule has 1 heterocycles. The fourth-order valence-electron chi connectivity index (χ4n) is 3.28. The lowest BCUT2D eigenvalue weighted by atomic mass is 10.0. The van der Waals surface area contributed by atoms with Gasteiger partial charge in [0, 0.05) is 13.1 Å². The molecule has 2 aromatic carbocycles. The molecule has 3 rings (SSSR count). The van der Waals surface area contributed by atoms with Gasteiger partial charge in [0.15, 0.2) is 0 Å². The zero-order valence-electron chi connectivity index (χ0n) is 17.7. The average Bonchev–Trinajstić information content (AvgIpc) is 2.75. The molecule has 0 aliphatic carbocycles. The van der Waals surface area contributed by atoms with E-state index in [1.165, 1.54) is 18.9 Å². The van der Waals surface area contributed by atoms with Crippen molar-refractivity contribution in [1.29, 1.82) is 0 Å². The molecule has 1 saturated heterocycles. The van der Waals surface area contributed by atoms with Crippen molar-refractivity contribution in [3.63, 3.8) is 0 Å². The first kappa shape index (κ1) is 24.8. The molecule has 1 aliphatic rings. The summed E-state index contributed by atoms with van der Waals surface area (Å²) in [6.07, 6.45) is -12.7. The van der Waals surface area contributed by atoms with E-state index in [-0.39, 0.29) is 31.3 Å². The second-order valence-electron chi connectivity index (χ2n) is 7.43. The third kappa shape index (κ3) is 6.17. The Bertz CT molecular complexity index is 942.